The van der Waals surface area contributed by atoms with Gasteiger partial charge in [0, 0.05) is 5.69 Å². The third kappa shape index (κ3) is 6.15. The van der Waals surface area contributed by atoms with E-state index in [1.807, 2.05) is 30.3 Å². The number of benzene rings is 3. The first-order valence-corrected chi connectivity index (χ1v) is 9.85. The number of ether oxygens (including phenoxy) is 2. The first kappa shape index (κ1) is 20.5. The average Bonchev–Trinajstić information content (AvgIpc) is 2.67. The minimum atomic E-state index is -4.84. The Morgan fingerprint density at radius 3 is 1.97 bits per heavy atom. The van der Waals surface area contributed by atoms with Crippen LogP contribution < -0.4 is 14.2 Å². The monoisotopic (exact) mass is 423 g/mol. The molecular formula is C20H16F3NO4S. The lowest BCUT2D eigenvalue weighted by Crippen LogP contribution is -2.17. The molecule has 0 heterocycles. The van der Waals surface area contributed by atoms with E-state index in [-0.39, 0.29) is 10.6 Å². The average molecular weight is 423 g/mol. The van der Waals surface area contributed by atoms with Crippen LogP contribution in [0.2, 0.25) is 0 Å². The maximum absolute atomic E-state index is 12.4. The van der Waals surface area contributed by atoms with Crippen molar-refractivity contribution < 1.29 is 31.1 Å². The van der Waals surface area contributed by atoms with Crippen LogP contribution in [-0.2, 0) is 16.6 Å². The van der Waals surface area contributed by atoms with Gasteiger partial charge < -0.3 is 9.47 Å². The van der Waals surface area contributed by atoms with Crippen molar-refractivity contribution in [3.05, 3.63) is 84.4 Å². The predicted molar refractivity (Wildman–Crippen MR) is 101 cm³/mol. The Morgan fingerprint density at radius 2 is 1.38 bits per heavy atom. The van der Waals surface area contributed by atoms with E-state index in [2.05, 4.69) is 9.46 Å². The number of alkyl halides is 3. The molecule has 0 atom stereocenters. The van der Waals surface area contributed by atoms with Crippen molar-refractivity contribution in [2.24, 2.45) is 0 Å². The maximum Gasteiger partial charge on any atom is 0.573 e. The fraction of sp³-hybridized carbons (Fsp3) is 0.100. The van der Waals surface area contributed by atoms with Crippen molar-refractivity contribution in [3.8, 4) is 11.5 Å². The van der Waals surface area contributed by atoms with Crippen LogP contribution >= 0.6 is 0 Å². The van der Waals surface area contributed by atoms with Gasteiger partial charge in [0.2, 0.25) is 0 Å². The van der Waals surface area contributed by atoms with Crippen LogP contribution in [0.5, 0.6) is 11.5 Å². The Bertz CT molecular complexity index is 1040. The van der Waals surface area contributed by atoms with Gasteiger partial charge in [0.1, 0.15) is 18.1 Å². The minimum Gasteiger partial charge on any atom is -0.489 e. The molecule has 0 spiro atoms. The predicted octanol–water partition coefficient (Wildman–Crippen LogP) is 4.97. The molecule has 9 heteroatoms. The van der Waals surface area contributed by atoms with Gasteiger partial charge in [-0.1, -0.05) is 30.3 Å². The number of sulfonamides is 1. The summed E-state index contributed by atoms with van der Waals surface area (Å²) in [5.41, 5.74) is 1.28. The zero-order valence-electron chi connectivity index (χ0n) is 14.9. The molecule has 152 valence electrons. The molecule has 1 N–H and O–H groups in total. The smallest absolute Gasteiger partial charge is 0.489 e. The van der Waals surface area contributed by atoms with Crippen LogP contribution in [0.15, 0.2) is 83.8 Å². The van der Waals surface area contributed by atoms with Gasteiger partial charge in [0.05, 0.1) is 4.90 Å². The highest BCUT2D eigenvalue weighted by Gasteiger charge is 2.31. The highest BCUT2D eigenvalue weighted by Crippen LogP contribution is 2.25. The number of anilines is 1. The molecule has 29 heavy (non-hydrogen) atoms. The van der Waals surface area contributed by atoms with Crippen LogP contribution in [-0.4, -0.2) is 14.8 Å². The molecule has 3 rings (SSSR count). The summed E-state index contributed by atoms with van der Waals surface area (Å²) in [6, 6.07) is 19.8. The standard InChI is InChI=1S/C20H16F3NO4S/c21-20(22,23)28-18-10-12-19(13-11-18)29(25,26)24-16-6-8-17(9-7-16)27-14-15-4-2-1-3-5-15/h1-13,24H,14H2. The van der Waals surface area contributed by atoms with Gasteiger partial charge in [-0.15, -0.1) is 13.2 Å². The molecular weight excluding hydrogens is 407 g/mol. The molecule has 0 aromatic heterocycles. The topological polar surface area (TPSA) is 64.6 Å². The van der Waals surface area contributed by atoms with Crippen molar-refractivity contribution in [1.82, 2.24) is 0 Å². The van der Waals surface area contributed by atoms with Gasteiger partial charge in [-0.2, -0.15) is 0 Å². The summed E-state index contributed by atoms with van der Waals surface area (Å²) in [5, 5.41) is 0. The summed E-state index contributed by atoms with van der Waals surface area (Å²) in [6.45, 7) is 0.373. The van der Waals surface area contributed by atoms with Gasteiger partial charge >= 0.3 is 6.36 Å². The number of hydrogen-bond donors (Lipinski definition) is 1. The van der Waals surface area contributed by atoms with Gasteiger partial charge in [-0.3, -0.25) is 4.72 Å². The number of rotatable bonds is 7. The zero-order chi connectivity index (χ0) is 20.9. The Labute approximate surface area is 165 Å². The molecule has 3 aromatic rings. The van der Waals surface area contributed by atoms with Gasteiger partial charge in [-0.25, -0.2) is 8.42 Å². The van der Waals surface area contributed by atoms with E-state index in [1.165, 1.54) is 12.1 Å². The summed E-state index contributed by atoms with van der Waals surface area (Å²) >= 11 is 0. The number of hydrogen-bond acceptors (Lipinski definition) is 4. The molecule has 5 nitrogen and oxygen atoms in total. The Kier molecular flexibility index (Phi) is 5.97. The third-order valence-corrected chi connectivity index (χ3v) is 5.12. The molecule has 0 fully saturated rings. The largest absolute Gasteiger partial charge is 0.573 e. The van der Waals surface area contributed by atoms with E-state index in [9.17, 15) is 21.6 Å². The molecule has 0 aliphatic rings. The fourth-order valence-electron chi connectivity index (χ4n) is 2.39. The normalized spacial score (nSPS) is 11.7. The Hall–Kier alpha value is -3.20. The lowest BCUT2D eigenvalue weighted by Gasteiger charge is -2.11. The molecule has 3 aromatic carbocycles. The molecule has 0 saturated heterocycles. The zero-order valence-corrected chi connectivity index (χ0v) is 15.7. The summed E-state index contributed by atoms with van der Waals surface area (Å²) in [7, 11) is -3.97. The highest BCUT2D eigenvalue weighted by atomic mass is 32.2. The summed E-state index contributed by atoms with van der Waals surface area (Å²) in [6.07, 6.45) is -4.84. The van der Waals surface area contributed by atoms with Crippen molar-refractivity contribution in [2.75, 3.05) is 4.72 Å². The van der Waals surface area contributed by atoms with E-state index >= 15 is 0 Å². The van der Waals surface area contributed by atoms with Crippen LogP contribution in [0.4, 0.5) is 18.9 Å². The van der Waals surface area contributed by atoms with E-state index in [0.29, 0.717) is 12.4 Å². The van der Waals surface area contributed by atoms with Crippen molar-refractivity contribution in [1.29, 1.82) is 0 Å². The quantitative estimate of drug-likeness (QED) is 0.583. The van der Waals surface area contributed by atoms with Crippen molar-refractivity contribution in [2.45, 2.75) is 17.9 Å². The second-order valence-electron chi connectivity index (χ2n) is 5.92. The Morgan fingerprint density at radius 1 is 0.793 bits per heavy atom. The van der Waals surface area contributed by atoms with Crippen LogP contribution in [0, 0.1) is 0 Å². The van der Waals surface area contributed by atoms with Crippen LogP contribution in [0.25, 0.3) is 0 Å². The number of nitrogens with one attached hydrogen (secondary N) is 1. The van der Waals surface area contributed by atoms with Gasteiger partial charge in [-0.05, 0) is 54.1 Å². The molecule has 0 aliphatic heterocycles. The minimum absolute atomic E-state index is 0.198. The van der Waals surface area contributed by atoms with E-state index in [4.69, 9.17) is 4.74 Å². The summed E-state index contributed by atoms with van der Waals surface area (Å²) < 4.78 is 73.0. The van der Waals surface area contributed by atoms with Gasteiger partial charge in [0.25, 0.3) is 10.0 Å². The fourth-order valence-corrected chi connectivity index (χ4v) is 3.45. The second-order valence-corrected chi connectivity index (χ2v) is 7.61. The lowest BCUT2D eigenvalue weighted by molar-refractivity contribution is -0.274. The molecule has 0 saturated carbocycles. The summed E-state index contributed by atoms with van der Waals surface area (Å²) in [5.74, 6) is 0.0572. The van der Waals surface area contributed by atoms with Crippen molar-refractivity contribution >= 4 is 15.7 Å². The SMILES string of the molecule is O=S(=O)(Nc1ccc(OCc2ccccc2)cc1)c1ccc(OC(F)(F)F)cc1. The summed E-state index contributed by atoms with van der Waals surface area (Å²) in [4.78, 5) is -0.198. The van der Waals surface area contributed by atoms with E-state index < -0.39 is 22.1 Å². The first-order valence-electron chi connectivity index (χ1n) is 8.37. The lowest BCUT2D eigenvalue weighted by atomic mass is 10.2. The van der Waals surface area contributed by atoms with Crippen LogP contribution in [0.1, 0.15) is 5.56 Å². The number of halogens is 3. The maximum atomic E-state index is 12.4. The molecule has 0 radical (unpaired) electrons. The molecule has 0 bridgehead atoms. The van der Waals surface area contributed by atoms with Crippen molar-refractivity contribution in [3.63, 3.8) is 0 Å². The second kappa shape index (κ2) is 8.44. The molecule has 0 unspecified atom stereocenters. The first-order chi connectivity index (χ1) is 13.7. The van der Waals surface area contributed by atoms with Crippen LogP contribution in [0.3, 0.4) is 0 Å². The highest BCUT2D eigenvalue weighted by molar-refractivity contribution is 7.92. The molecule has 0 amide bonds. The third-order valence-electron chi connectivity index (χ3n) is 3.72. The molecule has 0 aliphatic carbocycles. The Balaban J connectivity index is 1.62. The van der Waals surface area contributed by atoms with Gasteiger partial charge in [0.15, 0.2) is 0 Å². The van der Waals surface area contributed by atoms with E-state index in [0.717, 1.165) is 29.8 Å². The van der Waals surface area contributed by atoms with E-state index in [1.54, 1.807) is 12.1 Å².